The average Bonchev–Trinajstić information content (AvgIpc) is 2.26. The number of benzene rings is 1. The summed E-state index contributed by atoms with van der Waals surface area (Å²) in [4.78, 5) is 11.8. The molecule has 0 aromatic heterocycles. The fourth-order valence-electron chi connectivity index (χ4n) is 1.57. The van der Waals surface area contributed by atoms with Gasteiger partial charge < -0.3 is 16.2 Å². The summed E-state index contributed by atoms with van der Waals surface area (Å²) in [7, 11) is 0. The monoisotopic (exact) mass is 236 g/mol. The lowest BCUT2D eigenvalue weighted by atomic mass is 10.1. The molecule has 0 spiro atoms. The van der Waals surface area contributed by atoms with Crippen LogP contribution in [0.15, 0.2) is 12.1 Å². The van der Waals surface area contributed by atoms with Gasteiger partial charge in [0.2, 0.25) is 5.91 Å². The van der Waals surface area contributed by atoms with E-state index in [0.717, 1.165) is 16.8 Å². The van der Waals surface area contributed by atoms with Crippen LogP contribution >= 0.6 is 0 Å². The maximum atomic E-state index is 11.8. The molecule has 1 aromatic rings. The molecule has 0 saturated heterocycles. The Labute approximate surface area is 102 Å². The van der Waals surface area contributed by atoms with Gasteiger partial charge in [0.25, 0.3) is 0 Å². The predicted octanol–water partition coefficient (Wildman–Crippen LogP) is 1.93. The van der Waals surface area contributed by atoms with Crippen LogP contribution in [0.4, 0.5) is 5.69 Å². The molecule has 0 aliphatic heterocycles. The minimum absolute atomic E-state index is 0.0383. The van der Waals surface area contributed by atoms with E-state index in [-0.39, 0.29) is 17.6 Å². The minimum Gasteiger partial charge on any atom is -0.508 e. The zero-order chi connectivity index (χ0) is 13.0. The van der Waals surface area contributed by atoms with Gasteiger partial charge in [0.1, 0.15) is 5.75 Å². The second-order valence-electron chi connectivity index (χ2n) is 4.42. The number of carbonyl (C=O) groups excluding carboxylic acids is 1. The van der Waals surface area contributed by atoms with Gasteiger partial charge in [-0.3, -0.25) is 4.79 Å². The molecule has 1 unspecified atom stereocenters. The summed E-state index contributed by atoms with van der Waals surface area (Å²) in [6.45, 7) is 6.00. The number of aromatic hydroxyl groups is 1. The summed E-state index contributed by atoms with van der Waals surface area (Å²) in [6, 6.07) is 3.43. The molecule has 0 aliphatic carbocycles. The molecule has 1 rings (SSSR count). The van der Waals surface area contributed by atoms with Crippen molar-refractivity contribution in [3.05, 3.63) is 23.3 Å². The zero-order valence-electron chi connectivity index (χ0n) is 10.6. The van der Waals surface area contributed by atoms with Gasteiger partial charge in [-0.15, -0.1) is 0 Å². The van der Waals surface area contributed by atoms with Crippen molar-refractivity contribution < 1.29 is 9.90 Å². The Hall–Kier alpha value is -1.55. The molecule has 4 N–H and O–H groups in total. The highest BCUT2D eigenvalue weighted by Crippen LogP contribution is 2.25. The first-order valence-electron chi connectivity index (χ1n) is 5.76. The number of hydrogen-bond acceptors (Lipinski definition) is 3. The Morgan fingerprint density at radius 2 is 2.06 bits per heavy atom. The lowest BCUT2D eigenvalue weighted by molar-refractivity contribution is -0.119. The molecule has 4 nitrogen and oxygen atoms in total. The number of hydrogen-bond donors (Lipinski definition) is 3. The van der Waals surface area contributed by atoms with Crippen LogP contribution < -0.4 is 11.1 Å². The van der Waals surface area contributed by atoms with Gasteiger partial charge in [0.05, 0.1) is 0 Å². The van der Waals surface area contributed by atoms with Crippen molar-refractivity contribution >= 4 is 11.6 Å². The molecule has 1 atom stereocenters. The van der Waals surface area contributed by atoms with Gasteiger partial charge in [-0.1, -0.05) is 6.92 Å². The van der Waals surface area contributed by atoms with E-state index in [0.29, 0.717) is 13.0 Å². The standard InChI is InChI=1S/C13H20N2O2/c1-8(4-5-14)13(17)15-11-6-10(3)12(16)7-9(11)2/h6-8,16H,4-5,14H2,1-3H3,(H,15,17). The van der Waals surface area contributed by atoms with Crippen LogP contribution in [-0.4, -0.2) is 17.6 Å². The van der Waals surface area contributed by atoms with Crippen molar-refractivity contribution in [2.75, 3.05) is 11.9 Å². The number of phenolic OH excluding ortho intramolecular Hbond substituents is 1. The predicted molar refractivity (Wildman–Crippen MR) is 69.0 cm³/mol. The Balaban J connectivity index is 2.81. The number of carbonyl (C=O) groups is 1. The molecular formula is C13H20N2O2. The number of rotatable bonds is 4. The molecule has 17 heavy (non-hydrogen) atoms. The van der Waals surface area contributed by atoms with Crippen molar-refractivity contribution in [2.45, 2.75) is 27.2 Å². The Morgan fingerprint density at radius 1 is 1.41 bits per heavy atom. The minimum atomic E-state index is -0.103. The maximum Gasteiger partial charge on any atom is 0.227 e. The molecule has 0 bridgehead atoms. The summed E-state index contributed by atoms with van der Waals surface area (Å²) >= 11 is 0. The van der Waals surface area contributed by atoms with Gasteiger partial charge in [0, 0.05) is 11.6 Å². The van der Waals surface area contributed by atoms with E-state index in [2.05, 4.69) is 5.32 Å². The summed E-state index contributed by atoms with van der Waals surface area (Å²) in [5.41, 5.74) is 7.76. The highest BCUT2D eigenvalue weighted by atomic mass is 16.3. The van der Waals surface area contributed by atoms with Crippen LogP contribution in [0.3, 0.4) is 0 Å². The molecule has 0 radical (unpaired) electrons. The van der Waals surface area contributed by atoms with Crippen molar-refractivity contribution in [3.63, 3.8) is 0 Å². The van der Waals surface area contributed by atoms with E-state index in [4.69, 9.17) is 5.73 Å². The zero-order valence-corrected chi connectivity index (χ0v) is 10.6. The lowest BCUT2D eigenvalue weighted by Gasteiger charge is -2.14. The normalized spacial score (nSPS) is 12.2. The van der Waals surface area contributed by atoms with E-state index in [1.54, 1.807) is 19.1 Å². The molecule has 4 heteroatoms. The van der Waals surface area contributed by atoms with Crippen molar-refractivity contribution in [3.8, 4) is 5.75 Å². The van der Waals surface area contributed by atoms with Crippen molar-refractivity contribution in [2.24, 2.45) is 11.7 Å². The Morgan fingerprint density at radius 3 is 2.65 bits per heavy atom. The summed E-state index contributed by atoms with van der Waals surface area (Å²) in [5.74, 6) is 0.104. The van der Waals surface area contributed by atoms with Gasteiger partial charge in [0.15, 0.2) is 0 Å². The van der Waals surface area contributed by atoms with Crippen LogP contribution in [0.5, 0.6) is 5.75 Å². The summed E-state index contributed by atoms with van der Waals surface area (Å²) in [6.07, 6.45) is 0.669. The second-order valence-corrected chi connectivity index (χ2v) is 4.42. The van der Waals surface area contributed by atoms with Crippen LogP contribution in [-0.2, 0) is 4.79 Å². The van der Waals surface area contributed by atoms with E-state index in [1.807, 2.05) is 13.8 Å². The SMILES string of the molecule is Cc1cc(NC(=O)C(C)CCN)c(C)cc1O. The molecule has 1 aromatic carbocycles. The first-order chi connectivity index (χ1) is 7.95. The first kappa shape index (κ1) is 13.5. The number of anilines is 1. The van der Waals surface area contributed by atoms with Crippen LogP contribution in [0.25, 0.3) is 0 Å². The third-order valence-electron chi connectivity index (χ3n) is 2.85. The molecule has 0 fully saturated rings. The van der Waals surface area contributed by atoms with Crippen LogP contribution in [0, 0.1) is 19.8 Å². The smallest absolute Gasteiger partial charge is 0.227 e. The average molecular weight is 236 g/mol. The van der Waals surface area contributed by atoms with Crippen molar-refractivity contribution in [1.29, 1.82) is 0 Å². The number of phenols is 1. The highest BCUT2D eigenvalue weighted by molar-refractivity contribution is 5.93. The van der Waals surface area contributed by atoms with E-state index >= 15 is 0 Å². The molecular weight excluding hydrogens is 216 g/mol. The summed E-state index contributed by atoms with van der Waals surface area (Å²) < 4.78 is 0. The quantitative estimate of drug-likeness (QED) is 0.699. The third kappa shape index (κ3) is 3.46. The topological polar surface area (TPSA) is 75.4 Å². The highest BCUT2D eigenvalue weighted by Gasteiger charge is 2.13. The van der Waals surface area contributed by atoms with E-state index in [9.17, 15) is 9.90 Å². The van der Waals surface area contributed by atoms with E-state index < -0.39 is 0 Å². The number of amides is 1. The van der Waals surface area contributed by atoms with Gasteiger partial charge >= 0.3 is 0 Å². The first-order valence-corrected chi connectivity index (χ1v) is 5.76. The summed E-state index contributed by atoms with van der Waals surface area (Å²) in [5, 5.41) is 12.4. The van der Waals surface area contributed by atoms with Crippen molar-refractivity contribution in [1.82, 2.24) is 0 Å². The number of aryl methyl sites for hydroxylation is 2. The second kappa shape index (κ2) is 5.68. The van der Waals surface area contributed by atoms with Gasteiger partial charge in [-0.25, -0.2) is 0 Å². The largest absolute Gasteiger partial charge is 0.508 e. The Bertz CT molecular complexity index is 416. The fourth-order valence-corrected chi connectivity index (χ4v) is 1.57. The van der Waals surface area contributed by atoms with Crippen LogP contribution in [0.1, 0.15) is 24.5 Å². The van der Waals surface area contributed by atoms with Gasteiger partial charge in [-0.05, 0) is 50.1 Å². The van der Waals surface area contributed by atoms with E-state index in [1.165, 1.54) is 0 Å². The third-order valence-corrected chi connectivity index (χ3v) is 2.85. The molecule has 0 saturated carbocycles. The molecule has 94 valence electrons. The number of nitrogens with two attached hydrogens (primary N) is 1. The fraction of sp³-hybridized carbons (Fsp3) is 0.462. The van der Waals surface area contributed by atoms with Crippen LogP contribution in [0.2, 0.25) is 0 Å². The molecule has 1 amide bonds. The lowest BCUT2D eigenvalue weighted by Crippen LogP contribution is -2.23. The van der Waals surface area contributed by atoms with Gasteiger partial charge in [-0.2, -0.15) is 0 Å². The Kier molecular flexibility index (Phi) is 4.52. The number of nitrogens with one attached hydrogen (secondary N) is 1. The maximum absolute atomic E-state index is 11.8. The molecule has 0 heterocycles. The molecule has 0 aliphatic rings.